The van der Waals surface area contributed by atoms with Crippen LogP contribution in [0.2, 0.25) is 0 Å². The third-order valence-electron chi connectivity index (χ3n) is 3.50. The summed E-state index contributed by atoms with van der Waals surface area (Å²) in [5.41, 5.74) is 4.02. The van der Waals surface area contributed by atoms with E-state index in [0.717, 1.165) is 16.6 Å². The fourth-order valence-electron chi connectivity index (χ4n) is 2.13. The van der Waals surface area contributed by atoms with Gasteiger partial charge in [0.1, 0.15) is 5.75 Å². The lowest BCUT2D eigenvalue weighted by Crippen LogP contribution is -2.20. The predicted molar refractivity (Wildman–Crippen MR) is 86.1 cm³/mol. The zero-order valence-electron chi connectivity index (χ0n) is 12.5. The number of amides is 1. The Bertz CT molecular complexity index is 791. The number of benzene rings is 2. The van der Waals surface area contributed by atoms with Crippen LogP contribution in [0.15, 0.2) is 42.5 Å². The van der Waals surface area contributed by atoms with E-state index >= 15 is 0 Å². The van der Waals surface area contributed by atoms with Crippen molar-refractivity contribution in [2.24, 2.45) is 0 Å². The fourth-order valence-corrected chi connectivity index (χ4v) is 2.13. The highest BCUT2D eigenvalue weighted by atomic mass is 16.5. The van der Waals surface area contributed by atoms with E-state index in [2.05, 4.69) is 15.3 Å². The molecular formula is C17H17N3O2. The van der Waals surface area contributed by atoms with Gasteiger partial charge in [-0.3, -0.25) is 10.1 Å². The van der Waals surface area contributed by atoms with Gasteiger partial charge >= 0.3 is 0 Å². The van der Waals surface area contributed by atoms with Crippen molar-refractivity contribution in [3.05, 3.63) is 53.6 Å². The number of hydrogen-bond donors (Lipinski definition) is 2. The molecule has 0 fully saturated rings. The molecule has 5 nitrogen and oxygen atoms in total. The molecule has 0 radical (unpaired) electrons. The van der Waals surface area contributed by atoms with Crippen LogP contribution in [0.3, 0.4) is 0 Å². The average molecular weight is 295 g/mol. The molecule has 2 aromatic carbocycles. The quantitative estimate of drug-likeness (QED) is 0.776. The monoisotopic (exact) mass is 295 g/mol. The van der Waals surface area contributed by atoms with Gasteiger partial charge < -0.3 is 9.72 Å². The van der Waals surface area contributed by atoms with Crippen LogP contribution in [-0.2, 0) is 4.79 Å². The van der Waals surface area contributed by atoms with Gasteiger partial charge in [0.15, 0.2) is 6.61 Å². The van der Waals surface area contributed by atoms with E-state index in [4.69, 9.17) is 4.74 Å². The van der Waals surface area contributed by atoms with Crippen molar-refractivity contribution in [2.75, 3.05) is 11.9 Å². The molecule has 5 heteroatoms. The topological polar surface area (TPSA) is 67.0 Å². The molecule has 3 aromatic rings. The summed E-state index contributed by atoms with van der Waals surface area (Å²) in [5.74, 6) is 0.857. The second kappa shape index (κ2) is 5.89. The molecule has 0 saturated carbocycles. The van der Waals surface area contributed by atoms with E-state index in [1.807, 2.05) is 56.3 Å². The number of para-hydroxylation sites is 2. The van der Waals surface area contributed by atoms with Crippen molar-refractivity contribution >= 4 is 22.9 Å². The Balaban J connectivity index is 1.61. The Hall–Kier alpha value is -2.82. The molecule has 0 aliphatic carbocycles. The van der Waals surface area contributed by atoms with Crippen LogP contribution in [0.4, 0.5) is 5.95 Å². The van der Waals surface area contributed by atoms with Crippen molar-refractivity contribution in [2.45, 2.75) is 13.8 Å². The molecule has 1 heterocycles. The second-order valence-corrected chi connectivity index (χ2v) is 5.19. The maximum absolute atomic E-state index is 11.9. The number of hydrogen-bond acceptors (Lipinski definition) is 3. The number of ether oxygens (including phenoxy) is 1. The molecule has 3 rings (SSSR count). The molecule has 0 unspecified atom stereocenters. The molecule has 22 heavy (non-hydrogen) atoms. The molecule has 1 aromatic heterocycles. The normalized spacial score (nSPS) is 10.6. The van der Waals surface area contributed by atoms with E-state index in [-0.39, 0.29) is 12.5 Å². The van der Waals surface area contributed by atoms with Crippen molar-refractivity contribution in [1.82, 2.24) is 9.97 Å². The molecule has 0 atom stereocenters. The fraction of sp³-hybridized carbons (Fsp3) is 0.176. The molecule has 1 amide bonds. The number of carbonyl (C=O) groups excluding carboxylic acids is 1. The first kappa shape index (κ1) is 14.1. The van der Waals surface area contributed by atoms with Gasteiger partial charge in [-0.15, -0.1) is 0 Å². The van der Waals surface area contributed by atoms with Gasteiger partial charge in [-0.1, -0.05) is 18.2 Å². The van der Waals surface area contributed by atoms with E-state index in [0.29, 0.717) is 11.7 Å². The molecular weight excluding hydrogens is 278 g/mol. The summed E-state index contributed by atoms with van der Waals surface area (Å²) in [4.78, 5) is 19.3. The molecule has 0 aliphatic rings. The van der Waals surface area contributed by atoms with Gasteiger partial charge in [0.05, 0.1) is 11.0 Å². The third kappa shape index (κ3) is 3.09. The van der Waals surface area contributed by atoms with Crippen LogP contribution in [-0.4, -0.2) is 22.5 Å². The number of H-pyrrole nitrogens is 1. The van der Waals surface area contributed by atoms with Crippen molar-refractivity contribution in [3.63, 3.8) is 0 Å². The van der Waals surface area contributed by atoms with Crippen LogP contribution < -0.4 is 10.1 Å². The minimum absolute atomic E-state index is 0.0560. The largest absolute Gasteiger partial charge is 0.484 e. The van der Waals surface area contributed by atoms with E-state index in [1.54, 1.807) is 0 Å². The maximum atomic E-state index is 11.9. The Morgan fingerprint density at radius 2 is 2.00 bits per heavy atom. The molecule has 2 N–H and O–H groups in total. The Morgan fingerprint density at radius 1 is 1.18 bits per heavy atom. The van der Waals surface area contributed by atoms with E-state index < -0.39 is 0 Å². The number of anilines is 1. The minimum Gasteiger partial charge on any atom is -0.484 e. The lowest BCUT2D eigenvalue weighted by Gasteiger charge is -2.07. The first-order chi connectivity index (χ1) is 10.6. The predicted octanol–water partition coefficient (Wildman–Crippen LogP) is 3.20. The lowest BCUT2D eigenvalue weighted by molar-refractivity contribution is -0.118. The minimum atomic E-state index is -0.253. The molecule has 0 saturated heterocycles. The van der Waals surface area contributed by atoms with Crippen LogP contribution >= 0.6 is 0 Å². The molecule has 112 valence electrons. The van der Waals surface area contributed by atoms with Crippen LogP contribution in [0.5, 0.6) is 5.75 Å². The van der Waals surface area contributed by atoms with Crippen molar-refractivity contribution < 1.29 is 9.53 Å². The standard InChI is InChI=1S/C17H17N3O2/c1-11-7-8-13(9-12(11)2)22-10-16(21)20-17-18-14-5-3-4-6-15(14)19-17/h3-9H,10H2,1-2H3,(H2,18,19,20,21). The van der Waals surface area contributed by atoms with Gasteiger partial charge in [-0.25, -0.2) is 4.98 Å². The number of nitrogens with zero attached hydrogens (tertiary/aromatic N) is 1. The Morgan fingerprint density at radius 3 is 2.77 bits per heavy atom. The Kier molecular flexibility index (Phi) is 3.78. The maximum Gasteiger partial charge on any atom is 0.264 e. The number of aromatic amines is 1. The molecule has 0 spiro atoms. The highest BCUT2D eigenvalue weighted by Gasteiger charge is 2.08. The molecule has 0 aliphatic heterocycles. The smallest absolute Gasteiger partial charge is 0.264 e. The number of aromatic nitrogens is 2. The lowest BCUT2D eigenvalue weighted by atomic mass is 10.1. The second-order valence-electron chi connectivity index (χ2n) is 5.19. The molecule has 0 bridgehead atoms. The highest BCUT2D eigenvalue weighted by Crippen LogP contribution is 2.16. The first-order valence-electron chi connectivity index (χ1n) is 7.06. The zero-order valence-corrected chi connectivity index (χ0v) is 12.5. The highest BCUT2D eigenvalue weighted by molar-refractivity contribution is 5.92. The SMILES string of the molecule is Cc1ccc(OCC(=O)Nc2nc3ccccc3[nH]2)cc1C. The van der Waals surface area contributed by atoms with Crippen molar-refractivity contribution in [3.8, 4) is 5.75 Å². The number of nitrogens with one attached hydrogen (secondary N) is 2. The Labute approximate surface area is 128 Å². The van der Waals surface area contributed by atoms with E-state index in [9.17, 15) is 4.79 Å². The van der Waals surface area contributed by atoms with Crippen LogP contribution in [0, 0.1) is 13.8 Å². The van der Waals surface area contributed by atoms with Gasteiger partial charge in [0, 0.05) is 0 Å². The van der Waals surface area contributed by atoms with E-state index in [1.165, 1.54) is 5.56 Å². The number of fused-ring (bicyclic) bond motifs is 1. The summed E-state index contributed by atoms with van der Waals surface area (Å²) in [5, 5.41) is 2.70. The number of carbonyl (C=O) groups is 1. The van der Waals surface area contributed by atoms with Gasteiger partial charge in [0.2, 0.25) is 5.95 Å². The van der Waals surface area contributed by atoms with Crippen molar-refractivity contribution in [1.29, 1.82) is 0 Å². The summed E-state index contributed by atoms with van der Waals surface area (Å²) >= 11 is 0. The van der Waals surface area contributed by atoms with Gasteiger partial charge in [-0.05, 0) is 49.2 Å². The third-order valence-corrected chi connectivity index (χ3v) is 3.50. The summed E-state index contributed by atoms with van der Waals surface area (Å²) in [7, 11) is 0. The number of rotatable bonds is 4. The van der Waals surface area contributed by atoms with Crippen LogP contribution in [0.25, 0.3) is 11.0 Å². The number of aryl methyl sites for hydroxylation is 2. The van der Waals surface area contributed by atoms with Gasteiger partial charge in [-0.2, -0.15) is 0 Å². The summed E-state index contributed by atoms with van der Waals surface area (Å²) < 4.78 is 5.50. The van der Waals surface area contributed by atoms with Crippen LogP contribution in [0.1, 0.15) is 11.1 Å². The zero-order chi connectivity index (χ0) is 15.5. The first-order valence-corrected chi connectivity index (χ1v) is 7.06. The summed E-state index contributed by atoms with van der Waals surface area (Å²) in [6, 6.07) is 13.4. The average Bonchev–Trinajstić information content (AvgIpc) is 2.90. The number of imidazole rings is 1. The summed E-state index contributed by atoms with van der Waals surface area (Å²) in [6.45, 7) is 3.99. The van der Waals surface area contributed by atoms with Gasteiger partial charge in [0.25, 0.3) is 5.91 Å². The summed E-state index contributed by atoms with van der Waals surface area (Å²) in [6.07, 6.45) is 0.